The number of hydrogen-bond donors (Lipinski definition) is 4. The molecule has 0 fully saturated rings. The number of carbonyl (C=O) groups is 5. The van der Waals surface area contributed by atoms with E-state index in [0.717, 1.165) is 11.1 Å². The van der Waals surface area contributed by atoms with E-state index in [9.17, 15) is 24.0 Å². The molecule has 42 heavy (non-hydrogen) atoms. The third-order valence-corrected chi connectivity index (χ3v) is 6.43. The van der Waals surface area contributed by atoms with Crippen LogP contribution in [0.15, 0.2) is 85.2 Å². The number of aromatic nitrogens is 1. The lowest BCUT2D eigenvalue weighted by atomic mass is 9.99. The summed E-state index contributed by atoms with van der Waals surface area (Å²) in [7, 11) is 0. The maximum atomic E-state index is 13.3. The number of nitrogens with zero attached hydrogens (tertiary/aromatic N) is 1. The molecule has 4 N–H and O–H groups in total. The molecule has 0 aliphatic rings. The van der Waals surface area contributed by atoms with Gasteiger partial charge in [0.1, 0.15) is 12.1 Å². The van der Waals surface area contributed by atoms with Crippen molar-refractivity contribution in [2.45, 2.75) is 58.3 Å². The summed E-state index contributed by atoms with van der Waals surface area (Å²) >= 11 is 0. The van der Waals surface area contributed by atoms with E-state index in [1.807, 2.05) is 44.2 Å². The lowest BCUT2D eigenvalue weighted by Gasteiger charge is -2.24. The summed E-state index contributed by atoms with van der Waals surface area (Å²) in [6.45, 7) is 5.33. The van der Waals surface area contributed by atoms with Crippen molar-refractivity contribution >= 4 is 29.4 Å². The Bertz CT molecular complexity index is 1350. The molecule has 4 amide bonds. The van der Waals surface area contributed by atoms with Crippen LogP contribution in [0.3, 0.4) is 0 Å². The minimum atomic E-state index is -1.08. The fraction of sp³-hybridized carbons (Fsp3) is 0.312. The van der Waals surface area contributed by atoms with Crippen molar-refractivity contribution in [2.75, 3.05) is 0 Å². The van der Waals surface area contributed by atoms with Gasteiger partial charge in [0, 0.05) is 30.9 Å². The predicted molar refractivity (Wildman–Crippen MR) is 158 cm³/mol. The average molecular weight is 572 g/mol. The van der Waals surface area contributed by atoms with Gasteiger partial charge in [-0.3, -0.25) is 29.0 Å². The van der Waals surface area contributed by atoms with Gasteiger partial charge in [-0.25, -0.2) is 0 Å². The Balaban J connectivity index is 1.65. The van der Waals surface area contributed by atoms with Crippen LogP contribution in [0.5, 0.6) is 0 Å². The molecule has 1 heterocycles. The van der Waals surface area contributed by atoms with Gasteiger partial charge < -0.3 is 21.3 Å². The number of rotatable bonds is 14. The number of ketones is 1. The van der Waals surface area contributed by atoms with Crippen molar-refractivity contribution in [3.05, 3.63) is 102 Å². The molecule has 0 aliphatic heterocycles. The summed E-state index contributed by atoms with van der Waals surface area (Å²) < 4.78 is 0. The van der Waals surface area contributed by atoms with E-state index in [4.69, 9.17) is 0 Å². The second-order valence-corrected chi connectivity index (χ2v) is 10.4. The molecule has 0 radical (unpaired) electrons. The van der Waals surface area contributed by atoms with Crippen LogP contribution in [-0.4, -0.2) is 52.5 Å². The van der Waals surface area contributed by atoms with Crippen LogP contribution in [0.1, 0.15) is 48.7 Å². The third-order valence-electron chi connectivity index (χ3n) is 6.43. The largest absolute Gasteiger partial charge is 0.345 e. The highest BCUT2D eigenvalue weighted by molar-refractivity contribution is 6.38. The van der Waals surface area contributed by atoms with Crippen molar-refractivity contribution in [1.29, 1.82) is 0 Å². The molecule has 0 spiro atoms. The third kappa shape index (κ3) is 9.96. The van der Waals surface area contributed by atoms with Gasteiger partial charge in [-0.15, -0.1) is 0 Å². The molecule has 0 saturated heterocycles. The number of benzene rings is 2. The molecular weight excluding hydrogens is 534 g/mol. The monoisotopic (exact) mass is 571 g/mol. The summed E-state index contributed by atoms with van der Waals surface area (Å²) in [6.07, 6.45) is 3.61. The second-order valence-electron chi connectivity index (χ2n) is 10.4. The summed E-state index contributed by atoms with van der Waals surface area (Å²) in [6, 6.07) is 18.1. The Hall–Kier alpha value is -4.86. The first kappa shape index (κ1) is 31.7. The highest BCUT2D eigenvalue weighted by atomic mass is 16.2. The van der Waals surface area contributed by atoms with Gasteiger partial charge in [0.2, 0.25) is 17.6 Å². The van der Waals surface area contributed by atoms with Crippen LogP contribution < -0.4 is 21.3 Å². The summed E-state index contributed by atoms with van der Waals surface area (Å²) in [5, 5.41) is 10.6. The molecule has 0 aliphatic carbocycles. The van der Waals surface area contributed by atoms with Crippen LogP contribution in [0, 0.1) is 5.92 Å². The van der Waals surface area contributed by atoms with Crippen LogP contribution >= 0.6 is 0 Å². The molecule has 3 aromatic rings. The summed E-state index contributed by atoms with van der Waals surface area (Å²) in [5.74, 6) is -3.23. The van der Waals surface area contributed by atoms with E-state index in [2.05, 4.69) is 26.3 Å². The van der Waals surface area contributed by atoms with E-state index in [-0.39, 0.29) is 25.3 Å². The Morgan fingerprint density at radius 3 is 1.98 bits per heavy atom. The maximum absolute atomic E-state index is 13.3. The van der Waals surface area contributed by atoms with E-state index < -0.39 is 47.5 Å². The Morgan fingerprint density at radius 2 is 1.36 bits per heavy atom. The molecule has 1 unspecified atom stereocenters. The van der Waals surface area contributed by atoms with Crippen molar-refractivity contribution in [2.24, 2.45) is 5.92 Å². The molecule has 3 rings (SSSR count). The molecule has 0 bridgehead atoms. The minimum Gasteiger partial charge on any atom is -0.345 e. The van der Waals surface area contributed by atoms with E-state index in [1.165, 1.54) is 6.92 Å². The average Bonchev–Trinajstić information content (AvgIpc) is 2.99. The Morgan fingerprint density at radius 1 is 0.714 bits per heavy atom. The van der Waals surface area contributed by atoms with Gasteiger partial charge in [0.05, 0.1) is 6.04 Å². The number of hydrogen-bond acceptors (Lipinski definition) is 6. The molecular formula is C32H37N5O5. The number of carbonyl (C=O) groups excluding carboxylic acids is 5. The van der Waals surface area contributed by atoms with Crippen molar-refractivity contribution < 1.29 is 24.0 Å². The second kappa shape index (κ2) is 15.8. The Labute approximate surface area is 245 Å². The summed E-state index contributed by atoms with van der Waals surface area (Å²) in [5.41, 5.74) is 1.94. The molecule has 3 atom stereocenters. The van der Waals surface area contributed by atoms with Gasteiger partial charge in [0.25, 0.3) is 11.8 Å². The molecule has 10 nitrogen and oxygen atoms in total. The van der Waals surface area contributed by atoms with Gasteiger partial charge >= 0.3 is 0 Å². The van der Waals surface area contributed by atoms with Crippen molar-refractivity contribution in [3.8, 4) is 0 Å². The minimum absolute atomic E-state index is 0.00118. The van der Waals surface area contributed by atoms with Gasteiger partial charge in [-0.1, -0.05) is 68.4 Å². The molecule has 220 valence electrons. The van der Waals surface area contributed by atoms with E-state index in [1.54, 1.807) is 54.9 Å². The van der Waals surface area contributed by atoms with Gasteiger partial charge in [-0.05, 0) is 48.6 Å². The number of nitrogens with one attached hydrogen (secondary N) is 4. The summed E-state index contributed by atoms with van der Waals surface area (Å²) in [4.78, 5) is 68.8. The lowest BCUT2D eigenvalue weighted by molar-refractivity contribution is -0.140. The van der Waals surface area contributed by atoms with Crippen LogP contribution in [0.4, 0.5) is 0 Å². The fourth-order valence-corrected chi connectivity index (χ4v) is 4.20. The van der Waals surface area contributed by atoms with Crippen LogP contribution in [0.25, 0.3) is 0 Å². The zero-order valence-corrected chi connectivity index (χ0v) is 24.0. The molecule has 10 heteroatoms. The van der Waals surface area contributed by atoms with E-state index in [0.29, 0.717) is 5.56 Å². The SMILES string of the molecule is CC(C)CC(NC(=O)[C@H](C)NC(=O)[C@H](Cc1ccccc1)NC(=O)c1ccccc1)C(=O)C(=O)NCc1cccnc1. The fourth-order valence-electron chi connectivity index (χ4n) is 4.20. The quantitative estimate of drug-likeness (QED) is 0.219. The molecule has 1 aromatic heterocycles. The number of pyridine rings is 1. The molecule has 2 aromatic carbocycles. The van der Waals surface area contributed by atoms with Gasteiger partial charge in [0.15, 0.2) is 0 Å². The van der Waals surface area contributed by atoms with Crippen LogP contribution in [0.2, 0.25) is 0 Å². The highest BCUT2D eigenvalue weighted by Gasteiger charge is 2.30. The normalized spacial score (nSPS) is 12.9. The van der Waals surface area contributed by atoms with Crippen LogP contribution in [-0.2, 0) is 32.1 Å². The topological polar surface area (TPSA) is 146 Å². The van der Waals surface area contributed by atoms with Gasteiger partial charge in [-0.2, -0.15) is 0 Å². The smallest absolute Gasteiger partial charge is 0.289 e. The first-order chi connectivity index (χ1) is 20.1. The van der Waals surface area contributed by atoms with Crippen molar-refractivity contribution in [1.82, 2.24) is 26.3 Å². The number of amides is 4. The van der Waals surface area contributed by atoms with E-state index >= 15 is 0 Å². The first-order valence-electron chi connectivity index (χ1n) is 13.9. The lowest BCUT2D eigenvalue weighted by Crippen LogP contribution is -2.56. The molecule has 0 saturated carbocycles. The number of Topliss-reactive ketones (excluding diaryl/α,β-unsaturated/α-hetero) is 1. The zero-order valence-electron chi connectivity index (χ0n) is 24.0. The standard InChI is InChI=1S/C32H37N5O5/c1-21(2)17-26(28(38)32(42)34-20-24-13-10-16-33-19-24)36-29(39)22(3)35-31(41)27(18-23-11-6-4-7-12-23)37-30(40)25-14-8-5-9-15-25/h4-16,19,21-22,26-27H,17-18,20H2,1-3H3,(H,34,42)(H,35,41)(H,36,39)(H,37,40)/t22-,26?,27-/m0/s1. The maximum Gasteiger partial charge on any atom is 0.289 e. The zero-order chi connectivity index (χ0) is 30.5. The van der Waals surface area contributed by atoms with Crippen molar-refractivity contribution in [3.63, 3.8) is 0 Å². The predicted octanol–water partition coefficient (Wildman–Crippen LogP) is 2.34. The Kier molecular flexibility index (Phi) is 11.9. The highest BCUT2D eigenvalue weighted by Crippen LogP contribution is 2.09. The first-order valence-corrected chi connectivity index (χ1v) is 13.9.